The van der Waals surface area contributed by atoms with Crippen LogP contribution in [0, 0.1) is 16.4 Å². The Morgan fingerprint density at radius 3 is 2.53 bits per heavy atom. The zero-order valence-corrected chi connectivity index (χ0v) is 13.0. The lowest BCUT2D eigenvalue weighted by molar-refractivity contribution is 0.330. The molecule has 0 radical (unpaired) electrons. The lowest BCUT2D eigenvalue weighted by atomic mass is 9.84. The van der Waals surface area contributed by atoms with Crippen molar-refractivity contribution in [3.05, 3.63) is 27.3 Å². The van der Waals surface area contributed by atoms with Gasteiger partial charge in [-0.05, 0) is 84.9 Å². The van der Waals surface area contributed by atoms with Crippen molar-refractivity contribution in [2.24, 2.45) is 5.92 Å². The third-order valence-corrected chi connectivity index (χ3v) is 4.64. The third-order valence-electron chi connectivity index (χ3n) is 3.97. The van der Waals surface area contributed by atoms with Gasteiger partial charge < -0.3 is 5.32 Å². The molecular weight excluding hydrogens is 321 g/mol. The van der Waals surface area contributed by atoms with E-state index in [4.69, 9.17) is 0 Å². The van der Waals surface area contributed by atoms with Crippen molar-refractivity contribution in [3.8, 4) is 0 Å². The predicted molar refractivity (Wildman–Crippen MR) is 83.6 cm³/mol. The first-order chi connectivity index (χ1) is 8.19. The smallest absolute Gasteiger partial charge is 0.0372 e. The van der Waals surface area contributed by atoms with E-state index >= 15 is 0 Å². The molecule has 1 N–H and O–H groups in total. The average molecular weight is 343 g/mol. The van der Waals surface area contributed by atoms with E-state index < -0.39 is 0 Å². The summed E-state index contributed by atoms with van der Waals surface area (Å²) in [5.74, 6) is 0.978. The molecule has 17 heavy (non-hydrogen) atoms. The minimum Gasteiger partial charge on any atom is -0.382 e. The van der Waals surface area contributed by atoms with Crippen molar-refractivity contribution in [3.63, 3.8) is 0 Å². The lowest BCUT2D eigenvalue weighted by Crippen LogP contribution is -2.26. The van der Waals surface area contributed by atoms with E-state index in [1.807, 2.05) is 0 Å². The first-order valence-electron chi connectivity index (χ1n) is 6.71. The molecule has 1 aromatic rings. The molecule has 1 saturated carbocycles. The van der Waals surface area contributed by atoms with Gasteiger partial charge in [-0.25, -0.2) is 0 Å². The van der Waals surface area contributed by atoms with Gasteiger partial charge in [0.2, 0.25) is 0 Å². The van der Waals surface area contributed by atoms with Gasteiger partial charge >= 0.3 is 0 Å². The molecule has 0 unspecified atom stereocenters. The summed E-state index contributed by atoms with van der Waals surface area (Å²) in [5.41, 5.74) is 2.69. The van der Waals surface area contributed by atoms with Crippen LogP contribution in [-0.2, 0) is 0 Å². The molecule has 0 aromatic heterocycles. The number of nitrogens with one attached hydrogen (secondary N) is 1. The number of hydrogen-bond donors (Lipinski definition) is 1. The Bertz CT molecular complexity index is 367. The Labute approximate surface area is 119 Å². The summed E-state index contributed by atoms with van der Waals surface area (Å²) in [6.45, 7) is 4.52. The van der Waals surface area contributed by atoms with Gasteiger partial charge in [-0.2, -0.15) is 0 Å². The molecule has 2 rings (SSSR count). The van der Waals surface area contributed by atoms with Crippen LogP contribution in [0.1, 0.15) is 44.6 Å². The molecular formula is C15H22IN. The van der Waals surface area contributed by atoms with Gasteiger partial charge in [0.25, 0.3) is 0 Å². The molecule has 0 bridgehead atoms. The normalized spacial score (nSPS) is 24.6. The highest BCUT2D eigenvalue weighted by molar-refractivity contribution is 14.1. The van der Waals surface area contributed by atoms with Gasteiger partial charge in [0.1, 0.15) is 0 Å². The van der Waals surface area contributed by atoms with Crippen LogP contribution in [0.15, 0.2) is 18.2 Å². The molecule has 1 fully saturated rings. The molecule has 0 heterocycles. The second-order valence-electron chi connectivity index (χ2n) is 5.23. The van der Waals surface area contributed by atoms with E-state index in [0.717, 1.165) is 5.92 Å². The summed E-state index contributed by atoms with van der Waals surface area (Å²) in [6.07, 6.45) is 6.83. The Morgan fingerprint density at radius 2 is 1.94 bits per heavy atom. The first kappa shape index (κ1) is 13.2. The highest BCUT2D eigenvalue weighted by atomic mass is 127. The van der Waals surface area contributed by atoms with Crippen molar-refractivity contribution >= 4 is 28.3 Å². The maximum atomic E-state index is 3.72. The summed E-state index contributed by atoms with van der Waals surface area (Å²) in [6, 6.07) is 7.36. The standard InChI is InChI=1S/C15H22IN/c1-3-12-4-7-14(8-5-12)17-15-9-6-13(16)10-11(15)2/h6,9-10,12,14,17H,3-5,7-8H2,1-2H3. The molecule has 94 valence electrons. The average Bonchev–Trinajstić information content (AvgIpc) is 2.34. The molecule has 1 nitrogen and oxygen atoms in total. The highest BCUT2D eigenvalue weighted by Crippen LogP contribution is 2.29. The quantitative estimate of drug-likeness (QED) is 0.763. The summed E-state index contributed by atoms with van der Waals surface area (Å²) in [5, 5.41) is 3.72. The number of hydrogen-bond acceptors (Lipinski definition) is 1. The second-order valence-corrected chi connectivity index (χ2v) is 6.48. The van der Waals surface area contributed by atoms with E-state index in [0.29, 0.717) is 6.04 Å². The van der Waals surface area contributed by atoms with Crippen LogP contribution in [-0.4, -0.2) is 6.04 Å². The molecule has 1 aliphatic carbocycles. The third kappa shape index (κ3) is 3.60. The van der Waals surface area contributed by atoms with Gasteiger partial charge in [0.15, 0.2) is 0 Å². The van der Waals surface area contributed by atoms with Crippen LogP contribution in [0.4, 0.5) is 5.69 Å². The van der Waals surface area contributed by atoms with E-state index in [1.54, 1.807) is 0 Å². The molecule has 1 aromatic carbocycles. The van der Waals surface area contributed by atoms with Crippen LogP contribution < -0.4 is 5.32 Å². The van der Waals surface area contributed by atoms with Gasteiger partial charge in [-0.3, -0.25) is 0 Å². The fourth-order valence-electron chi connectivity index (χ4n) is 2.72. The first-order valence-corrected chi connectivity index (χ1v) is 7.79. The van der Waals surface area contributed by atoms with Crippen molar-refractivity contribution in [1.82, 2.24) is 0 Å². The Morgan fingerprint density at radius 1 is 1.24 bits per heavy atom. The Kier molecular flexibility index (Phi) is 4.71. The molecule has 1 aliphatic rings. The zero-order valence-electron chi connectivity index (χ0n) is 10.8. The van der Waals surface area contributed by atoms with Crippen molar-refractivity contribution in [1.29, 1.82) is 0 Å². The molecule has 0 saturated heterocycles. The maximum Gasteiger partial charge on any atom is 0.0372 e. The number of benzene rings is 1. The lowest BCUT2D eigenvalue weighted by Gasteiger charge is -2.29. The van der Waals surface area contributed by atoms with E-state index in [2.05, 4.69) is 60.0 Å². The fraction of sp³-hybridized carbons (Fsp3) is 0.600. The maximum absolute atomic E-state index is 3.72. The summed E-state index contributed by atoms with van der Waals surface area (Å²) >= 11 is 2.37. The zero-order chi connectivity index (χ0) is 12.3. The number of rotatable bonds is 3. The molecule has 2 heteroatoms. The van der Waals surface area contributed by atoms with Crippen LogP contribution in [0.2, 0.25) is 0 Å². The van der Waals surface area contributed by atoms with Gasteiger partial charge in [-0.15, -0.1) is 0 Å². The van der Waals surface area contributed by atoms with Crippen LogP contribution in [0.25, 0.3) is 0 Å². The molecule has 0 aliphatic heterocycles. The summed E-state index contributed by atoms with van der Waals surface area (Å²) in [4.78, 5) is 0. The van der Waals surface area contributed by atoms with Crippen molar-refractivity contribution in [2.45, 2.75) is 52.0 Å². The van der Waals surface area contributed by atoms with E-state index in [1.165, 1.54) is 46.9 Å². The molecule has 0 atom stereocenters. The van der Waals surface area contributed by atoms with E-state index in [-0.39, 0.29) is 0 Å². The van der Waals surface area contributed by atoms with Crippen LogP contribution in [0.3, 0.4) is 0 Å². The van der Waals surface area contributed by atoms with Crippen molar-refractivity contribution in [2.75, 3.05) is 5.32 Å². The minimum atomic E-state index is 0.691. The monoisotopic (exact) mass is 343 g/mol. The van der Waals surface area contributed by atoms with Crippen molar-refractivity contribution < 1.29 is 0 Å². The number of halogens is 1. The Balaban J connectivity index is 1.93. The largest absolute Gasteiger partial charge is 0.382 e. The van der Waals surface area contributed by atoms with Crippen LogP contribution >= 0.6 is 22.6 Å². The predicted octanol–water partition coefficient (Wildman–Crippen LogP) is 4.98. The van der Waals surface area contributed by atoms with Gasteiger partial charge in [0, 0.05) is 15.3 Å². The van der Waals surface area contributed by atoms with E-state index in [9.17, 15) is 0 Å². The summed E-state index contributed by atoms with van der Waals surface area (Å²) in [7, 11) is 0. The highest BCUT2D eigenvalue weighted by Gasteiger charge is 2.19. The SMILES string of the molecule is CCC1CCC(Nc2ccc(I)cc2C)CC1. The number of anilines is 1. The topological polar surface area (TPSA) is 12.0 Å². The molecule has 0 spiro atoms. The Hall–Kier alpha value is -0.250. The fourth-order valence-corrected chi connectivity index (χ4v) is 3.37. The summed E-state index contributed by atoms with van der Waals surface area (Å²) < 4.78 is 1.32. The van der Waals surface area contributed by atoms with Crippen LogP contribution in [0.5, 0.6) is 0 Å². The second kappa shape index (κ2) is 6.07. The molecule has 0 amide bonds. The van der Waals surface area contributed by atoms with Gasteiger partial charge in [-0.1, -0.05) is 13.3 Å². The minimum absolute atomic E-state index is 0.691. The van der Waals surface area contributed by atoms with Gasteiger partial charge in [0.05, 0.1) is 0 Å². The number of aryl methyl sites for hydroxylation is 1.